The number of anilines is 1. The third kappa shape index (κ3) is 4.00. The lowest BCUT2D eigenvalue weighted by Crippen LogP contribution is -2.27. The summed E-state index contributed by atoms with van der Waals surface area (Å²) in [5, 5.41) is 10.5. The van der Waals surface area contributed by atoms with Crippen LogP contribution in [0.3, 0.4) is 0 Å². The van der Waals surface area contributed by atoms with E-state index in [1.165, 1.54) is 12.8 Å². The van der Waals surface area contributed by atoms with Gasteiger partial charge in [0.15, 0.2) is 0 Å². The van der Waals surface area contributed by atoms with E-state index in [0.717, 1.165) is 36.8 Å². The summed E-state index contributed by atoms with van der Waals surface area (Å²) >= 11 is 1.69. The van der Waals surface area contributed by atoms with Gasteiger partial charge in [-0.15, -0.1) is 11.8 Å². The van der Waals surface area contributed by atoms with Crippen molar-refractivity contribution >= 4 is 29.5 Å². The van der Waals surface area contributed by atoms with Crippen molar-refractivity contribution in [3.8, 4) is 0 Å². The predicted molar refractivity (Wildman–Crippen MR) is 108 cm³/mol. The van der Waals surface area contributed by atoms with Crippen molar-refractivity contribution in [2.75, 3.05) is 18.0 Å². The molecular weight excluding hydrogens is 376 g/mol. The number of pyridine rings is 1. The average Bonchev–Trinajstić information content (AvgIpc) is 2.97. The fourth-order valence-electron chi connectivity index (χ4n) is 4.43. The summed E-state index contributed by atoms with van der Waals surface area (Å²) in [6, 6.07) is 3.70. The van der Waals surface area contributed by atoms with E-state index in [2.05, 4.69) is 4.90 Å². The number of ether oxygens (including phenoxy) is 1. The lowest BCUT2D eigenvalue weighted by atomic mass is 10.2. The van der Waals surface area contributed by atoms with Crippen molar-refractivity contribution in [3.63, 3.8) is 0 Å². The molecule has 7 heteroatoms. The van der Waals surface area contributed by atoms with Gasteiger partial charge in [0, 0.05) is 18.3 Å². The number of piperidine rings is 1. The van der Waals surface area contributed by atoms with Gasteiger partial charge in [0.05, 0.1) is 11.5 Å². The van der Waals surface area contributed by atoms with E-state index >= 15 is 0 Å². The quantitative estimate of drug-likeness (QED) is 0.747. The maximum Gasteiger partial charge on any atom is 0.341 e. The van der Waals surface area contributed by atoms with Crippen LogP contribution in [0, 0.1) is 17.8 Å². The molecule has 6 nitrogen and oxygen atoms in total. The van der Waals surface area contributed by atoms with Crippen molar-refractivity contribution in [1.29, 1.82) is 0 Å². The minimum absolute atomic E-state index is 0.190. The molecule has 4 rings (SSSR count). The number of carbonyl (C=O) groups is 2. The number of aliphatic carboxylic acids is 1. The molecule has 0 amide bonds. The van der Waals surface area contributed by atoms with Gasteiger partial charge >= 0.3 is 11.9 Å². The first kappa shape index (κ1) is 19.6. The number of carboxylic acids is 1. The Labute approximate surface area is 170 Å². The molecule has 1 aromatic heterocycles. The second-order valence-corrected chi connectivity index (χ2v) is 10.4. The molecule has 1 aliphatic heterocycles. The maximum atomic E-state index is 12.7. The molecule has 2 aliphatic carbocycles. The summed E-state index contributed by atoms with van der Waals surface area (Å²) < 4.78 is 5.59. The normalized spacial score (nSPS) is 27.0. The van der Waals surface area contributed by atoms with Crippen LogP contribution in [0.4, 0.5) is 5.82 Å². The standard InChI is InChI=1S/C21H28N2O4S/c1-21(2,3)27-20(26)13-8-9-16(22-18(13)28-12-6-4-5-7-12)23-10-14-15(11-23)17(14)19(24)25/h8-9,12,14-15,17H,4-7,10-11H2,1-3H3,(H,24,25). The number of thioether (sulfide) groups is 1. The fraction of sp³-hybridized carbons (Fsp3) is 0.667. The minimum atomic E-state index is -0.680. The molecule has 2 atom stereocenters. The second kappa shape index (κ2) is 7.25. The van der Waals surface area contributed by atoms with Crippen LogP contribution < -0.4 is 4.90 Å². The molecular formula is C21H28N2O4S. The van der Waals surface area contributed by atoms with E-state index in [4.69, 9.17) is 9.72 Å². The van der Waals surface area contributed by atoms with Crippen molar-refractivity contribution in [2.45, 2.75) is 62.3 Å². The number of rotatable bonds is 5. The molecule has 2 saturated carbocycles. The molecule has 2 heterocycles. The van der Waals surface area contributed by atoms with Crippen molar-refractivity contribution < 1.29 is 19.4 Å². The first-order valence-electron chi connectivity index (χ1n) is 10.1. The Bertz CT molecular complexity index is 773. The lowest BCUT2D eigenvalue weighted by Gasteiger charge is -2.23. The first-order chi connectivity index (χ1) is 13.2. The molecule has 3 fully saturated rings. The topological polar surface area (TPSA) is 79.7 Å². The van der Waals surface area contributed by atoms with Gasteiger partial charge < -0.3 is 14.7 Å². The molecule has 1 N–H and O–H groups in total. The highest BCUT2D eigenvalue weighted by molar-refractivity contribution is 7.99. The van der Waals surface area contributed by atoms with Crippen LogP contribution >= 0.6 is 11.8 Å². The molecule has 2 unspecified atom stereocenters. The highest BCUT2D eigenvalue weighted by Gasteiger charge is 2.60. The van der Waals surface area contributed by atoms with Gasteiger partial charge in [0.25, 0.3) is 0 Å². The van der Waals surface area contributed by atoms with Gasteiger partial charge in [0.2, 0.25) is 0 Å². The van der Waals surface area contributed by atoms with E-state index in [1.54, 1.807) is 11.8 Å². The second-order valence-electron chi connectivity index (χ2n) is 9.15. The van der Waals surface area contributed by atoms with Gasteiger partial charge in [-0.25, -0.2) is 9.78 Å². The van der Waals surface area contributed by atoms with Gasteiger partial charge in [-0.05, 0) is 57.6 Å². The molecule has 0 bridgehead atoms. The zero-order valence-corrected chi connectivity index (χ0v) is 17.5. The molecule has 3 aliphatic rings. The lowest BCUT2D eigenvalue weighted by molar-refractivity contribution is -0.139. The van der Waals surface area contributed by atoms with Crippen LogP contribution in [-0.4, -0.2) is 46.0 Å². The number of hydrogen-bond donors (Lipinski definition) is 1. The Morgan fingerprint density at radius 1 is 1.18 bits per heavy atom. The number of nitrogens with zero attached hydrogens (tertiary/aromatic N) is 2. The summed E-state index contributed by atoms with van der Waals surface area (Å²) in [6.45, 7) is 7.06. The Morgan fingerprint density at radius 2 is 1.82 bits per heavy atom. The summed E-state index contributed by atoms with van der Waals surface area (Å²) in [6.07, 6.45) is 4.76. The van der Waals surface area contributed by atoms with E-state index in [9.17, 15) is 14.7 Å². The SMILES string of the molecule is CC(C)(C)OC(=O)c1ccc(N2CC3C(C2)C3C(=O)O)nc1SC1CCCC1. The highest BCUT2D eigenvalue weighted by atomic mass is 32.2. The Hall–Kier alpha value is -1.76. The van der Waals surface area contributed by atoms with E-state index in [-0.39, 0.29) is 23.7 Å². The van der Waals surface area contributed by atoms with E-state index < -0.39 is 11.6 Å². The van der Waals surface area contributed by atoms with Crippen LogP contribution in [0.15, 0.2) is 17.2 Å². The third-order valence-corrected chi connectivity index (χ3v) is 7.19. The fourth-order valence-corrected chi connectivity index (χ4v) is 5.74. The van der Waals surface area contributed by atoms with Crippen molar-refractivity contribution in [1.82, 2.24) is 4.98 Å². The number of fused-ring (bicyclic) bond motifs is 1. The average molecular weight is 405 g/mol. The van der Waals surface area contributed by atoms with Crippen molar-refractivity contribution in [2.24, 2.45) is 17.8 Å². The van der Waals surface area contributed by atoms with Gasteiger partial charge in [-0.1, -0.05) is 12.8 Å². The molecule has 152 valence electrons. The Balaban J connectivity index is 1.54. The number of hydrogen-bond acceptors (Lipinski definition) is 6. The summed E-state index contributed by atoms with van der Waals surface area (Å²) in [5.41, 5.74) is -0.0176. The van der Waals surface area contributed by atoms with Crippen LogP contribution in [0.25, 0.3) is 0 Å². The third-order valence-electron chi connectivity index (χ3n) is 5.85. The van der Waals surface area contributed by atoms with Crippen LogP contribution in [0.5, 0.6) is 0 Å². The summed E-state index contributed by atoms with van der Waals surface area (Å²) in [5.74, 6) is 0.0999. The predicted octanol–water partition coefficient (Wildman–Crippen LogP) is 3.84. The van der Waals surface area contributed by atoms with E-state index in [0.29, 0.717) is 10.8 Å². The molecule has 0 radical (unpaired) electrons. The minimum Gasteiger partial charge on any atom is -0.481 e. The molecule has 28 heavy (non-hydrogen) atoms. The van der Waals surface area contributed by atoms with Gasteiger partial charge in [0.1, 0.15) is 16.4 Å². The molecule has 1 aromatic rings. The molecule has 0 spiro atoms. The number of carboxylic acid groups (broad SMARTS) is 1. The summed E-state index contributed by atoms with van der Waals surface area (Å²) in [4.78, 5) is 30.9. The Kier molecular flexibility index (Phi) is 5.06. The largest absolute Gasteiger partial charge is 0.481 e. The maximum absolute atomic E-state index is 12.7. The monoisotopic (exact) mass is 404 g/mol. The van der Waals surface area contributed by atoms with E-state index in [1.807, 2.05) is 32.9 Å². The van der Waals surface area contributed by atoms with Crippen LogP contribution in [0.2, 0.25) is 0 Å². The zero-order chi connectivity index (χ0) is 20.1. The summed E-state index contributed by atoms with van der Waals surface area (Å²) in [7, 11) is 0. The first-order valence-corrected chi connectivity index (χ1v) is 11.0. The number of carbonyl (C=O) groups excluding carboxylic acids is 1. The van der Waals surface area contributed by atoms with Crippen LogP contribution in [0.1, 0.15) is 56.8 Å². The molecule has 1 saturated heterocycles. The van der Waals surface area contributed by atoms with Gasteiger partial charge in [-0.2, -0.15) is 0 Å². The van der Waals surface area contributed by atoms with Crippen molar-refractivity contribution in [3.05, 3.63) is 17.7 Å². The number of esters is 1. The zero-order valence-electron chi connectivity index (χ0n) is 16.7. The highest BCUT2D eigenvalue weighted by Crippen LogP contribution is 2.52. The van der Waals surface area contributed by atoms with Gasteiger partial charge in [-0.3, -0.25) is 4.79 Å². The van der Waals surface area contributed by atoms with Crippen LogP contribution in [-0.2, 0) is 9.53 Å². The smallest absolute Gasteiger partial charge is 0.341 e. The number of aromatic nitrogens is 1. The molecule has 0 aromatic carbocycles. The Morgan fingerprint density at radius 3 is 2.39 bits per heavy atom.